The zero-order valence-corrected chi connectivity index (χ0v) is 12.0. The van der Waals surface area contributed by atoms with Gasteiger partial charge in [-0.05, 0) is 42.9 Å². The number of carbonyl (C=O) groups excluding carboxylic acids is 1. The predicted molar refractivity (Wildman–Crippen MR) is 75.7 cm³/mol. The summed E-state index contributed by atoms with van der Waals surface area (Å²) in [6.07, 6.45) is 3.13. The van der Waals surface area contributed by atoms with Gasteiger partial charge in [0.1, 0.15) is 5.82 Å². The molecule has 1 fully saturated rings. The van der Waals surface area contributed by atoms with Crippen LogP contribution in [0.5, 0.6) is 0 Å². The van der Waals surface area contributed by atoms with E-state index in [2.05, 4.69) is 0 Å². The summed E-state index contributed by atoms with van der Waals surface area (Å²) in [4.78, 5) is 13.1. The van der Waals surface area contributed by atoms with Crippen molar-refractivity contribution < 1.29 is 13.9 Å². The van der Waals surface area contributed by atoms with Crippen LogP contribution in [0, 0.1) is 11.7 Å². The van der Waals surface area contributed by atoms with Gasteiger partial charge in [0.15, 0.2) is 0 Å². The minimum Gasteiger partial charge on any atom is -0.377 e. The molecule has 20 heavy (non-hydrogen) atoms. The van der Waals surface area contributed by atoms with Gasteiger partial charge < -0.3 is 9.64 Å². The minimum absolute atomic E-state index is 0.172. The van der Waals surface area contributed by atoms with Gasteiger partial charge in [0, 0.05) is 26.6 Å². The molecule has 0 atom stereocenters. The Kier molecular flexibility index (Phi) is 5.53. The highest BCUT2D eigenvalue weighted by Gasteiger charge is 2.20. The summed E-state index contributed by atoms with van der Waals surface area (Å²) in [5.74, 6) is 0.589. The Hall–Kier alpha value is -1.42. The Morgan fingerprint density at radius 2 is 2.15 bits per heavy atom. The molecule has 0 aliphatic carbocycles. The third-order valence-corrected chi connectivity index (χ3v) is 3.89. The maximum absolute atomic E-state index is 13.0. The molecule has 0 spiro atoms. The zero-order valence-electron chi connectivity index (χ0n) is 12.0. The van der Waals surface area contributed by atoms with Crippen LogP contribution in [-0.4, -0.2) is 30.5 Å². The van der Waals surface area contributed by atoms with E-state index in [1.165, 1.54) is 12.1 Å². The molecule has 1 aliphatic heterocycles. The third-order valence-electron chi connectivity index (χ3n) is 3.89. The van der Waals surface area contributed by atoms with Gasteiger partial charge in [0.2, 0.25) is 5.91 Å². The molecular weight excluding hydrogens is 257 g/mol. The second-order valence-corrected chi connectivity index (χ2v) is 5.42. The van der Waals surface area contributed by atoms with E-state index in [1.54, 1.807) is 13.0 Å². The van der Waals surface area contributed by atoms with Crippen LogP contribution in [0.3, 0.4) is 0 Å². The number of piperidine rings is 1. The number of carbonyl (C=O) groups is 1. The SMILES string of the molecule is CC(=O)N1CCC(CCOCc2cccc(F)c2)CC1. The monoisotopic (exact) mass is 279 g/mol. The second-order valence-electron chi connectivity index (χ2n) is 5.42. The van der Waals surface area contributed by atoms with Gasteiger partial charge >= 0.3 is 0 Å². The van der Waals surface area contributed by atoms with Crippen molar-refractivity contribution in [2.45, 2.75) is 32.8 Å². The molecule has 0 bridgehead atoms. The lowest BCUT2D eigenvalue weighted by Gasteiger charge is -2.31. The highest BCUT2D eigenvalue weighted by molar-refractivity contribution is 5.73. The topological polar surface area (TPSA) is 29.5 Å². The van der Waals surface area contributed by atoms with Crippen LogP contribution < -0.4 is 0 Å². The third kappa shape index (κ3) is 4.60. The summed E-state index contributed by atoms with van der Waals surface area (Å²) < 4.78 is 18.6. The van der Waals surface area contributed by atoms with E-state index in [0.717, 1.165) is 37.9 Å². The van der Waals surface area contributed by atoms with Crippen LogP contribution >= 0.6 is 0 Å². The molecule has 0 aromatic heterocycles. The summed E-state index contributed by atoms with van der Waals surface area (Å²) in [6.45, 7) is 4.52. The summed E-state index contributed by atoms with van der Waals surface area (Å²) in [5, 5.41) is 0. The summed E-state index contributed by atoms with van der Waals surface area (Å²) in [5.41, 5.74) is 0.872. The lowest BCUT2D eigenvalue weighted by Crippen LogP contribution is -2.37. The highest BCUT2D eigenvalue weighted by atomic mass is 19.1. The average molecular weight is 279 g/mol. The van der Waals surface area contributed by atoms with Crippen molar-refractivity contribution in [3.05, 3.63) is 35.6 Å². The van der Waals surface area contributed by atoms with Gasteiger partial charge in [0.25, 0.3) is 0 Å². The van der Waals surface area contributed by atoms with E-state index < -0.39 is 0 Å². The molecule has 110 valence electrons. The Morgan fingerprint density at radius 3 is 2.80 bits per heavy atom. The van der Waals surface area contributed by atoms with Crippen molar-refractivity contribution in [3.63, 3.8) is 0 Å². The molecule has 2 rings (SSSR count). The maximum atomic E-state index is 13.0. The molecule has 4 heteroatoms. The fraction of sp³-hybridized carbons (Fsp3) is 0.562. The normalized spacial score (nSPS) is 16.4. The zero-order chi connectivity index (χ0) is 14.4. The van der Waals surface area contributed by atoms with Crippen LogP contribution in [-0.2, 0) is 16.1 Å². The molecule has 3 nitrogen and oxygen atoms in total. The van der Waals surface area contributed by atoms with E-state index in [0.29, 0.717) is 19.1 Å². The first kappa shape index (κ1) is 15.0. The number of ether oxygens (including phenoxy) is 1. The van der Waals surface area contributed by atoms with Gasteiger partial charge in [-0.25, -0.2) is 4.39 Å². The van der Waals surface area contributed by atoms with Crippen LogP contribution in [0.4, 0.5) is 4.39 Å². The first-order chi connectivity index (χ1) is 9.65. The highest BCUT2D eigenvalue weighted by Crippen LogP contribution is 2.20. The molecule has 1 saturated heterocycles. The van der Waals surface area contributed by atoms with Gasteiger partial charge in [-0.15, -0.1) is 0 Å². The molecule has 1 amide bonds. The van der Waals surface area contributed by atoms with Crippen molar-refractivity contribution >= 4 is 5.91 Å². The van der Waals surface area contributed by atoms with Gasteiger partial charge in [-0.2, -0.15) is 0 Å². The summed E-state index contributed by atoms with van der Waals surface area (Å²) in [7, 11) is 0. The number of hydrogen-bond acceptors (Lipinski definition) is 2. The number of likely N-dealkylation sites (tertiary alicyclic amines) is 1. The van der Waals surface area contributed by atoms with Gasteiger partial charge in [0.05, 0.1) is 6.61 Å². The second kappa shape index (κ2) is 7.39. The quantitative estimate of drug-likeness (QED) is 0.775. The Balaban J connectivity index is 1.61. The average Bonchev–Trinajstić information content (AvgIpc) is 2.44. The minimum atomic E-state index is -0.220. The number of amides is 1. The van der Waals surface area contributed by atoms with Gasteiger partial charge in [-0.3, -0.25) is 4.79 Å². The molecule has 1 aromatic carbocycles. The molecule has 1 aliphatic rings. The molecular formula is C16H22FNO2. The first-order valence-corrected chi connectivity index (χ1v) is 7.23. The first-order valence-electron chi connectivity index (χ1n) is 7.23. The Morgan fingerprint density at radius 1 is 1.40 bits per heavy atom. The van der Waals surface area contributed by atoms with E-state index in [1.807, 2.05) is 11.0 Å². The standard InChI is InChI=1S/C16H22FNO2/c1-13(19)18-8-5-14(6-9-18)7-10-20-12-15-3-2-4-16(17)11-15/h2-4,11,14H,5-10,12H2,1H3. The molecule has 0 N–H and O–H groups in total. The van der Waals surface area contributed by atoms with Crippen molar-refractivity contribution in [3.8, 4) is 0 Å². The van der Waals surface area contributed by atoms with Crippen molar-refractivity contribution in [2.24, 2.45) is 5.92 Å². The molecule has 1 heterocycles. The fourth-order valence-electron chi connectivity index (χ4n) is 2.60. The largest absolute Gasteiger partial charge is 0.377 e. The van der Waals surface area contributed by atoms with E-state index in [-0.39, 0.29) is 11.7 Å². The number of benzene rings is 1. The van der Waals surface area contributed by atoms with E-state index in [4.69, 9.17) is 4.74 Å². The smallest absolute Gasteiger partial charge is 0.219 e. The lowest BCUT2D eigenvalue weighted by atomic mass is 9.94. The van der Waals surface area contributed by atoms with Crippen LogP contribution in [0.2, 0.25) is 0 Å². The van der Waals surface area contributed by atoms with Crippen LogP contribution in [0.25, 0.3) is 0 Å². The summed E-state index contributed by atoms with van der Waals surface area (Å²) >= 11 is 0. The van der Waals surface area contributed by atoms with Crippen molar-refractivity contribution in [1.82, 2.24) is 4.90 Å². The lowest BCUT2D eigenvalue weighted by molar-refractivity contribution is -0.130. The number of halogens is 1. The van der Waals surface area contributed by atoms with Crippen molar-refractivity contribution in [2.75, 3.05) is 19.7 Å². The van der Waals surface area contributed by atoms with Gasteiger partial charge in [-0.1, -0.05) is 12.1 Å². The Bertz CT molecular complexity index is 442. The van der Waals surface area contributed by atoms with E-state index in [9.17, 15) is 9.18 Å². The Labute approximate surface area is 119 Å². The van der Waals surface area contributed by atoms with Crippen molar-refractivity contribution in [1.29, 1.82) is 0 Å². The number of nitrogens with zero attached hydrogens (tertiary/aromatic N) is 1. The van der Waals surface area contributed by atoms with Crippen LogP contribution in [0.15, 0.2) is 24.3 Å². The fourth-order valence-corrected chi connectivity index (χ4v) is 2.60. The molecule has 0 radical (unpaired) electrons. The predicted octanol–water partition coefficient (Wildman–Crippen LogP) is 2.99. The molecule has 0 unspecified atom stereocenters. The van der Waals surface area contributed by atoms with Crippen LogP contribution in [0.1, 0.15) is 31.7 Å². The maximum Gasteiger partial charge on any atom is 0.219 e. The molecule has 1 aromatic rings. The summed E-state index contributed by atoms with van der Waals surface area (Å²) in [6, 6.07) is 6.51. The molecule has 0 saturated carbocycles. The number of hydrogen-bond donors (Lipinski definition) is 0. The van der Waals surface area contributed by atoms with E-state index >= 15 is 0 Å². The number of rotatable bonds is 5.